The van der Waals surface area contributed by atoms with Crippen LogP contribution in [0.1, 0.15) is 25.0 Å². The zero-order valence-corrected chi connectivity index (χ0v) is 10.8. The van der Waals surface area contributed by atoms with Crippen LogP contribution in [0, 0.1) is 12.3 Å². The molecule has 0 spiro atoms. The van der Waals surface area contributed by atoms with Crippen molar-refractivity contribution < 1.29 is 9.84 Å². The van der Waals surface area contributed by atoms with Crippen LogP contribution >= 0.6 is 11.6 Å². The van der Waals surface area contributed by atoms with Crippen molar-refractivity contribution in [3.05, 3.63) is 34.3 Å². The third-order valence-corrected chi connectivity index (χ3v) is 2.74. The van der Waals surface area contributed by atoms with Gasteiger partial charge in [-0.05, 0) is 24.1 Å². The van der Waals surface area contributed by atoms with Gasteiger partial charge in [-0.3, -0.25) is 0 Å². The lowest BCUT2D eigenvalue weighted by Gasteiger charge is -2.21. The van der Waals surface area contributed by atoms with E-state index in [4.69, 9.17) is 21.4 Å². The molecule has 0 aliphatic rings. The molecule has 0 aliphatic heterocycles. The molecule has 0 atom stereocenters. The summed E-state index contributed by atoms with van der Waals surface area (Å²) in [5.74, 6) is 0. The van der Waals surface area contributed by atoms with Crippen molar-refractivity contribution >= 4 is 11.6 Å². The van der Waals surface area contributed by atoms with E-state index >= 15 is 0 Å². The van der Waals surface area contributed by atoms with E-state index in [2.05, 4.69) is 0 Å². The predicted molar refractivity (Wildman–Crippen MR) is 66.7 cm³/mol. The molecular formula is C13H19ClO2. The van der Waals surface area contributed by atoms with Gasteiger partial charge < -0.3 is 9.84 Å². The van der Waals surface area contributed by atoms with E-state index in [0.717, 1.165) is 16.1 Å². The SMILES string of the molecule is Cc1ccc(COCC(C)(C)CO)c(Cl)c1. The Morgan fingerprint density at radius 1 is 1.38 bits per heavy atom. The zero-order valence-electron chi connectivity index (χ0n) is 10.1. The van der Waals surface area contributed by atoms with Gasteiger partial charge in [0.1, 0.15) is 0 Å². The van der Waals surface area contributed by atoms with Gasteiger partial charge in [0.05, 0.1) is 19.8 Å². The average Bonchev–Trinajstić information content (AvgIpc) is 2.21. The van der Waals surface area contributed by atoms with E-state index in [1.807, 2.05) is 39.0 Å². The molecule has 1 N–H and O–H groups in total. The molecule has 0 amide bonds. The van der Waals surface area contributed by atoms with Crippen molar-refractivity contribution in [2.75, 3.05) is 13.2 Å². The quantitative estimate of drug-likeness (QED) is 0.860. The largest absolute Gasteiger partial charge is 0.396 e. The minimum atomic E-state index is -0.197. The molecule has 3 heteroatoms. The summed E-state index contributed by atoms with van der Waals surface area (Å²) in [6, 6.07) is 5.92. The van der Waals surface area contributed by atoms with Gasteiger partial charge in [0.2, 0.25) is 0 Å². The molecule has 16 heavy (non-hydrogen) atoms. The Morgan fingerprint density at radius 2 is 2.06 bits per heavy atom. The molecule has 90 valence electrons. The summed E-state index contributed by atoms with van der Waals surface area (Å²) in [6.45, 7) is 7.06. The molecule has 1 aromatic rings. The highest BCUT2D eigenvalue weighted by molar-refractivity contribution is 6.31. The first-order valence-electron chi connectivity index (χ1n) is 5.38. The maximum absolute atomic E-state index is 9.08. The number of aliphatic hydroxyl groups excluding tert-OH is 1. The molecule has 0 heterocycles. The third kappa shape index (κ3) is 4.12. The van der Waals surface area contributed by atoms with Crippen LogP contribution in [0.4, 0.5) is 0 Å². The molecule has 0 aromatic heterocycles. The number of halogens is 1. The number of ether oxygens (including phenoxy) is 1. The number of rotatable bonds is 5. The highest BCUT2D eigenvalue weighted by Crippen LogP contribution is 2.20. The van der Waals surface area contributed by atoms with E-state index in [1.54, 1.807) is 0 Å². The standard InChI is InChI=1S/C13H19ClO2/c1-10-4-5-11(12(14)6-10)7-16-9-13(2,3)8-15/h4-6,15H,7-9H2,1-3H3. The van der Waals surface area contributed by atoms with Crippen LogP contribution in [0.5, 0.6) is 0 Å². The Bertz CT molecular complexity index is 348. The number of aryl methyl sites for hydroxylation is 1. The van der Waals surface area contributed by atoms with Crippen molar-refractivity contribution in [3.8, 4) is 0 Å². The Morgan fingerprint density at radius 3 is 2.62 bits per heavy atom. The second-order valence-corrected chi connectivity index (χ2v) is 5.32. The summed E-state index contributed by atoms with van der Waals surface area (Å²) in [6.07, 6.45) is 0. The van der Waals surface area contributed by atoms with Crippen molar-refractivity contribution in [1.82, 2.24) is 0 Å². The summed E-state index contributed by atoms with van der Waals surface area (Å²) in [7, 11) is 0. The van der Waals surface area contributed by atoms with Gasteiger partial charge in [-0.15, -0.1) is 0 Å². The first kappa shape index (κ1) is 13.5. The molecule has 0 aliphatic carbocycles. The van der Waals surface area contributed by atoms with Gasteiger partial charge in [0.15, 0.2) is 0 Å². The molecule has 0 saturated carbocycles. The van der Waals surface area contributed by atoms with Crippen molar-refractivity contribution in [2.45, 2.75) is 27.4 Å². The Hall–Kier alpha value is -0.570. The highest BCUT2D eigenvalue weighted by atomic mass is 35.5. The first-order chi connectivity index (χ1) is 7.44. The zero-order chi connectivity index (χ0) is 12.2. The van der Waals surface area contributed by atoms with Crippen molar-refractivity contribution in [1.29, 1.82) is 0 Å². The normalized spacial score (nSPS) is 11.8. The fraction of sp³-hybridized carbons (Fsp3) is 0.538. The number of hydrogen-bond donors (Lipinski definition) is 1. The van der Waals surface area contributed by atoms with E-state index in [-0.39, 0.29) is 12.0 Å². The fourth-order valence-electron chi connectivity index (χ4n) is 1.25. The summed E-state index contributed by atoms with van der Waals surface area (Å²) >= 11 is 6.08. The van der Waals surface area contributed by atoms with Crippen LogP contribution in [0.15, 0.2) is 18.2 Å². The van der Waals surface area contributed by atoms with Crippen LogP contribution in [-0.2, 0) is 11.3 Å². The summed E-state index contributed by atoms with van der Waals surface area (Å²) in [4.78, 5) is 0. The third-order valence-electron chi connectivity index (χ3n) is 2.39. The van der Waals surface area contributed by atoms with Crippen LogP contribution in [0.3, 0.4) is 0 Å². The molecule has 2 nitrogen and oxygen atoms in total. The topological polar surface area (TPSA) is 29.5 Å². The maximum atomic E-state index is 9.08. The summed E-state index contributed by atoms with van der Waals surface area (Å²) in [5.41, 5.74) is 1.93. The van der Waals surface area contributed by atoms with E-state index in [0.29, 0.717) is 13.2 Å². The predicted octanol–water partition coefficient (Wildman–Crippen LogP) is 3.18. The molecule has 1 rings (SSSR count). The molecule has 0 unspecified atom stereocenters. The van der Waals surface area contributed by atoms with E-state index in [9.17, 15) is 0 Å². The maximum Gasteiger partial charge on any atom is 0.0731 e. The van der Waals surface area contributed by atoms with E-state index in [1.165, 1.54) is 0 Å². The second-order valence-electron chi connectivity index (χ2n) is 4.91. The molecular weight excluding hydrogens is 224 g/mol. The number of benzene rings is 1. The summed E-state index contributed by atoms with van der Waals surface area (Å²) < 4.78 is 5.55. The Labute approximate surface area is 102 Å². The Kier molecular flexibility index (Phi) is 4.78. The molecule has 0 bridgehead atoms. The Balaban J connectivity index is 2.49. The lowest BCUT2D eigenvalue weighted by molar-refractivity contribution is 0.0198. The van der Waals surface area contributed by atoms with Crippen molar-refractivity contribution in [3.63, 3.8) is 0 Å². The lowest BCUT2D eigenvalue weighted by atomic mass is 9.97. The van der Waals surface area contributed by atoms with Crippen molar-refractivity contribution in [2.24, 2.45) is 5.41 Å². The van der Waals surface area contributed by atoms with Gasteiger partial charge in [-0.2, -0.15) is 0 Å². The smallest absolute Gasteiger partial charge is 0.0731 e. The molecule has 1 aromatic carbocycles. The average molecular weight is 243 g/mol. The van der Waals surface area contributed by atoms with Gasteiger partial charge in [0.25, 0.3) is 0 Å². The van der Waals surface area contributed by atoms with Crippen LogP contribution in [0.2, 0.25) is 5.02 Å². The van der Waals surface area contributed by atoms with E-state index < -0.39 is 0 Å². The molecule has 0 saturated heterocycles. The lowest BCUT2D eigenvalue weighted by Crippen LogP contribution is -2.23. The van der Waals surface area contributed by atoms with Crippen LogP contribution in [-0.4, -0.2) is 18.3 Å². The number of hydrogen-bond acceptors (Lipinski definition) is 2. The van der Waals surface area contributed by atoms with Crippen LogP contribution < -0.4 is 0 Å². The minimum absolute atomic E-state index is 0.120. The monoisotopic (exact) mass is 242 g/mol. The second kappa shape index (κ2) is 5.67. The highest BCUT2D eigenvalue weighted by Gasteiger charge is 2.16. The first-order valence-corrected chi connectivity index (χ1v) is 5.76. The van der Waals surface area contributed by atoms with Gasteiger partial charge in [0, 0.05) is 10.4 Å². The molecule has 0 radical (unpaired) electrons. The van der Waals surface area contributed by atoms with Gasteiger partial charge in [-0.1, -0.05) is 37.6 Å². The fourth-order valence-corrected chi connectivity index (χ4v) is 1.54. The van der Waals surface area contributed by atoms with Crippen LogP contribution in [0.25, 0.3) is 0 Å². The summed E-state index contributed by atoms with van der Waals surface area (Å²) in [5, 5.41) is 9.81. The van der Waals surface area contributed by atoms with Gasteiger partial charge in [-0.25, -0.2) is 0 Å². The minimum Gasteiger partial charge on any atom is -0.396 e. The number of aliphatic hydroxyl groups is 1. The molecule has 0 fully saturated rings. The van der Waals surface area contributed by atoms with Gasteiger partial charge >= 0.3 is 0 Å².